The summed E-state index contributed by atoms with van der Waals surface area (Å²) in [5.41, 5.74) is 8.17. The molecule has 1 fully saturated rings. The molecular weight excluding hydrogens is 222 g/mol. The maximum absolute atomic E-state index is 5.93. The zero-order chi connectivity index (χ0) is 12.4. The van der Waals surface area contributed by atoms with Gasteiger partial charge in [-0.3, -0.25) is 4.98 Å². The molecule has 0 aliphatic heterocycles. The maximum atomic E-state index is 5.93. The highest BCUT2D eigenvalue weighted by molar-refractivity contribution is 5.82. The molecule has 1 aromatic heterocycles. The molecule has 18 heavy (non-hydrogen) atoms. The topological polar surface area (TPSA) is 50.9 Å². The zero-order valence-corrected chi connectivity index (χ0v) is 10.5. The average Bonchev–Trinajstić information content (AvgIpc) is 2.41. The first-order valence-electron chi connectivity index (χ1n) is 6.68. The van der Waals surface area contributed by atoms with Crippen molar-refractivity contribution in [2.45, 2.75) is 37.8 Å². The monoisotopic (exact) mass is 241 g/mol. The highest BCUT2D eigenvalue weighted by Crippen LogP contribution is 2.23. The van der Waals surface area contributed by atoms with Gasteiger partial charge in [-0.2, -0.15) is 0 Å². The zero-order valence-electron chi connectivity index (χ0n) is 10.5. The Kier molecular flexibility index (Phi) is 3.15. The number of hydrogen-bond acceptors (Lipinski definition) is 3. The van der Waals surface area contributed by atoms with Gasteiger partial charge in [0.05, 0.1) is 5.52 Å². The molecule has 0 spiro atoms. The molecule has 1 aliphatic carbocycles. The van der Waals surface area contributed by atoms with Crippen LogP contribution in [-0.4, -0.2) is 17.1 Å². The van der Waals surface area contributed by atoms with E-state index in [0.29, 0.717) is 12.1 Å². The Bertz CT molecular complexity index is 530. The Hall–Kier alpha value is -1.61. The highest BCUT2D eigenvalue weighted by Gasteiger charge is 2.18. The van der Waals surface area contributed by atoms with E-state index in [2.05, 4.69) is 34.6 Å². The number of benzene rings is 1. The molecule has 0 atom stereocenters. The Labute approximate surface area is 107 Å². The smallest absolute Gasteiger partial charge is 0.0703 e. The summed E-state index contributed by atoms with van der Waals surface area (Å²) in [4.78, 5) is 4.33. The Morgan fingerprint density at radius 2 is 1.94 bits per heavy atom. The molecule has 0 bridgehead atoms. The number of fused-ring (bicyclic) bond motifs is 1. The molecule has 2 aromatic rings. The van der Waals surface area contributed by atoms with Gasteiger partial charge in [0, 0.05) is 29.4 Å². The predicted octanol–water partition coefficient (Wildman–Crippen LogP) is 2.92. The Morgan fingerprint density at radius 1 is 1.11 bits per heavy atom. The van der Waals surface area contributed by atoms with Crippen molar-refractivity contribution < 1.29 is 0 Å². The van der Waals surface area contributed by atoms with Gasteiger partial charge in [0.1, 0.15) is 0 Å². The number of rotatable bonds is 2. The van der Waals surface area contributed by atoms with Crippen LogP contribution >= 0.6 is 0 Å². The van der Waals surface area contributed by atoms with Crippen molar-refractivity contribution in [3.05, 3.63) is 36.5 Å². The van der Waals surface area contributed by atoms with Crippen molar-refractivity contribution >= 4 is 16.6 Å². The van der Waals surface area contributed by atoms with Crippen LogP contribution in [0, 0.1) is 0 Å². The molecule has 0 unspecified atom stereocenters. The lowest BCUT2D eigenvalue weighted by atomic mass is 9.91. The van der Waals surface area contributed by atoms with E-state index >= 15 is 0 Å². The van der Waals surface area contributed by atoms with E-state index in [-0.39, 0.29) is 0 Å². The quantitative estimate of drug-likeness (QED) is 0.850. The summed E-state index contributed by atoms with van der Waals surface area (Å²) in [6.07, 6.45) is 6.44. The van der Waals surface area contributed by atoms with E-state index in [0.717, 1.165) is 18.4 Å². The third-order valence-electron chi connectivity index (χ3n) is 3.75. The first-order valence-corrected chi connectivity index (χ1v) is 6.68. The van der Waals surface area contributed by atoms with Crippen LogP contribution in [-0.2, 0) is 0 Å². The summed E-state index contributed by atoms with van der Waals surface area (Å²) in [5, 5.41) is 4.80. The van der Waals surface area contributed by atoms with Crippen LogP contribution in [0.2, 0.25) is 0 Å². The number of nitrogens with two attached hydrogens (primary N) is 1. The lowest BCUT2D eigenvalue weighted by molar-refractivity contribution is 0.411. The molecular formula is C15H19N3. The molecule has 0 amide bonds. The minimum atomic E-state index is 0.406. The van der Waals surface area contributed by atoms with Gasteiger partial charge in [-0.1, -0.05) is 6.07 Å². The van der Waals surface area contributed by atoms with Crippen LogP contribution in [0.25, 0.3) is 10.9 Å². The summed E-state index contributed by atoms with van der Waals surface area (Å²) in [6.45, 7) is 0. The van der Waals surface area contributed by atoms with Gasteiger partial charge in [0.2, 0.25) is 0 Å². The Balaban J connectivity index is 1.74. The van der Waals surface area contributed by atoms with Crippen LogP contribution < -0.4 is 11.1 Å². The number of nitrogens with zero attached hydrogens (tertiary/aromatic N) is 1. The number of aromatic nitrogens is 1. The van der Waals surface area contributed by atoms with Gasteiger partial charge in [-0.15, -0.1) is 0 Å². The van der Waals surface area contributed by atoms with E-state index in [1.54, 1.807) is 0 Å². The lowest BCUT2D eigenvalue weighted by Gasteiger charge is -2.27. The molecule has 3 heteroatoms. The van der Waals surface area contributed by atoms with E-state index in [1.807, 2.05) is 12.3 Å². The van der Waals surface area contributed by atoms with Crippen molar-refractivity contribution in [2.24, 2.45) is 5.73 Å². The van der Waals surface area contributed by atoms with Gasteiger partial charge >= 0.3 is 0 Å². The van der Waals surface area contributed by atoms with Gasteiger partial charge in [-0.25, -0.2) is 0 Å². The minimum absolute atomic E-state index is 0.406. The van der Waals surface area contributed by atoms with Gasteiger partial charge in [0.25, 0.3) is 0 Å². The molecule has 1 heterocycles. The largest absolute Gasteiger partial charge is 0.382 e. The second kappa shape index (κ2) is 4.94. The first kappa shape index (κ1) is 11.5. The third-order valence-corrected chi connectivity index (χ3v) is 3.75. The number of pyridine rings is 1. The van der Waals surface area contributed by atoms with Crippen molar-refractivity contribution in [1.29, 1.82) is 0 Å². The standard InChI is InChI=1S/C15H19N3/c16-12-3-5-13(6-4-12)18-14-7-8-15-11(10-14)2-1-9-17-15/h1-2,7-10,12-13,18H,3-6,16H2. The van der Waals surface area contributed by atoms with Crippen LogP contribution in [0.5, 0.6) is 0 Å². The normalized spacial score (nSPS) is 24.1. The van der Waals surface area contributed by atoms with Crippen molar-refractivity contribution in [1.82, 2.24) is 4.98 Å². The van der Waals surface area contributed by atoms with Crippen LogP contribution in [0.15, 0.2) is 36.5 Å². The molecule has 3 nitrogen and oxygen atoms in total. The van der Waals surface area contributed by atoms with Gasteiger partial charge in [-0.05, 0) is 49.9 Å². The molecule has 1 aliphatic rings. The van der Waals surface area contributed by atoms with Crippen molar-refractivity contribution in [2.75, 3.05) is 5.32 Å². The average molecular weight is 241 g/mol. The second-order valence-electron chi connectivity index (χ2n) is 5.17. The number of hydrogen-bond donors (Lipinski definition) is 2. The third kappa shape index (κ3) is 2.46. The van der Waals surface area contributed by atoms with E-state index in [4.69, 9.17) is 5.73 Å². The van der Waals surface area contributed by atoms with E-state index < -0.39 is 0 Å². The molecule has 0 saturated heterocycles. The number of nitrogens with one attached hydrogen (secondary N) is 1. The van der Waals surface area contributed by atoms with Crippen LogP contribution in [0.4, 0.5) is 5.69 Å². The molecule has 3 N–H and O–H groups in total. The first-order chi connectivity index (χ1) is 8.81. The Morgan fingerprint density at radius 3 is 2.78 bits per heavy atom. The van der Waals surface area contributed by atoms with Crippen LogP contribution in [0.3, 0.4) is 0 Å². The summed E-state index contributed by atoms with van der Waals surface area (Å²) < 4.78 is 0. The molecule has 1 saturated carbocycles. The maximum Gasteiger partial charge on any atom is 0.0703 e. The predicted molar refractivity (Wildman–Crippen MR) is 75.6 cm³/mol. The van der Waals surface area contributed by atoms with Crippen LogP contribution in [0.1, 0.15) is 25.7 Å². The molecule has 1 aromatic carbocycles. The molecule has 94 valence electrons. The number of anilines is 1. The fourth-order valence-electron chi connectivity index (χ4n) is 2.66. The fourth-order valence-corrected chi connectivity index (χ4v) is 2.66. The van der Waals surface area contributed by atoms with E-state index in [1.165, 1.54) is 23.9 Å². The highest BCUT2D eigenvalue weighted by atomic mass is 14.9. The minimum Gasteiger partial charge on any atom is -0.382 e. The van der Waals surface area contributed by atoms with E-state index in [9.17, 15) is 0 Å². The summed E-state index contributed by atoms with van der Waals surface area (Å²) in [6, 6.07) is 11.4. The summed E-state index contributed by atoms with van der Waals surface area (Å²) in [7, 11) is 0. The van der Waals surface area contributed by atoms with Crippen molar-refractivity contribution in [3.63, 3.8) is 0 Å². The second-order valence-corrected chi connectivity index (χ2v) is 5.17. The molecule has 0 radical (unpaired) electrons. The lowest BCUT2D eigenvalue weighted by Crippen LogP contribution is -2.32. The molecule has 3 rings (SSSR count). The van der Waals surface area contributed by atoms with Gasteiger partial charge < -0.3 is 11.1 Å². The van der Waals surface area contributed by atoms with Gasteiger partial charge in [0.15, 0.2) is 0 Å². The fraction of sp³-hybridized carbons (Fsp3) is 0.400. The van der Waals surface area contributed by atoms with Crippen molar-refractivity contribution in [3.8, 4) is 0 Å². The SMILES string of the molecule is NC1CCC(Nc2ccc3ncccc3c2)CC1. The summed E-state index contributed by atoms with van der Waals surface area (Å²) in [5.74, 6) is 0. The summed E-state index contributed by atoms with van der Waals surface area (Å²) >= 11 is 0.